The van der Waals surface area contributed by atoms with Gasteiger partial charge in [-0.15, -0.1) is 0 Å². The third kappa shape index (κ3) is 6.62. The Morgan fingerprint density at radius 3 is 2.15 bits per heavy atom. The Balaban J connectivity index is 1.23. The molecular formula is C33H41ClN4O3. The van der Waals surface area contributed by atoms with Crippen LogP contribution in [-0.2, 0) is 27.5 Å². The van der Waals surface area contributed by atoms with Gasteiger partial charge in [-0.25, -0.2) is 0 Å². The number of anilines is 1. The highest BCUT2D eigenvalue weighted by Gasteiger charge is 2.41. The van der Waals surface area contributed by atoms with Crippen LogP contribution in [0.3, 0.4) is 0 Å². The molecule has 4 aliphatic rings. The Morgan fingerprint density at radius 2 is 1.41 bits per heavy atom. The molecule has 218 valence electrons. The molecule has 3 amide bonds. The van der Waals surface area contributed by atoms with Crippen LogP contribution in [0.2, 0.25) is 5.02 Å². The first-order valence-corrected chi connectivity index (χ1v) is 15.8. The predicted molar refractivity (Wildman–Crippen MR) is 160 cm³/mol. The maximum atomic E-state index is 14.0. The number of likely N-dealkylation sites (tertiary alicyclic amines) is 1. The molecule has 6 rings (SSSR count). The highest BCUT2D eigenvalue weighted by molar-refractivity contribution is 6.31. The van der Waals surface area contributed by atoms with Gasteiger partial charge < -0.3 is 14.7 Å². The molecule has 2 aliphatic heterocycles. The standard InChI is InChI=1S/C33H41ClN4O3/c34-29-14-13-27-21-36(32(40)28-22-37(23-28)31(39)25-9-4-5-10-25)18-17-35(20-24-7-2-1-3-8-24)15-6-16-38(30(27)19-29)33(41)26-11-12-26/h1-3,7-8,13-14,19,25-26,28H,4-6,9-12,15-18,20-23H2. The minimum Gasteiger partial charge on any atom is -0.341 e. The van der Waals surface area contributed by atoms with Crippen molar-refractivity contribution in [2.24, 2.45) is 17.8 Å². The maximum Gasteiger partial charge on any atom is 0.230 e. The molecule has 2 heterocycles. The third-order valence-electron chi connectivity index (χ3n) is 9.24. The van der Waals surface area contributed by atoms with Crippen molar-refractivity contribution < 1.29 is 14.4 Å². The van der Waals surface area contributed by atoms with Gasteiger partial charge in [0.1, 0.15) is 0 Å². The molecule has 0 radical (unpaired) electrons. The van der Waals surface area contributed by atoms with E-state index in [-0.39, 0.29) is 35.5 Å². The summed E-state index contributed by atoms with van der Waals surface area (Å²) in [4.78, 5) is 48.5. The molecule has 0 unspecified atom stereocenters. The van der Waals surface area contributed by atoms with E-state index >= 15 is 0 Å². The highest BCUT2D eigenvalue weighted by Crippen LogP contribution is 2.36. The van der Waals surface area contributed by atoms with Crippen molar-refractivity contribution in [1.29, 1.82) is 0 Å². The van der Waals surface area contributed by atoms with Gasteiger partial charge in [0.15, 0.2) is 0 Å². The topological polar surface area (TPSA) is 64.2 Å². The Hall–Kier alpha value is -2.90. The lowest BCUT2D eigenvalue weighted by Gasteiger charge is -2.42. The highest BCUT2D eigenvalue weighted by atomic mass is 35.5. The summed E-state index contributed by atoms with van der Waals surface area (Å²) in [5.74, 6) is 0.548. The number of rotatable bonds is 5. The fourth-order valence-electron chi connectivity index (χ4n) is 6.62. The van der Waals surface area contributed by atoms with Crippen LogP contribution in [0.1, 0.15) is 56.1 Å². The summed E-state index contributed by atoms with van der Waals surface area (Å²) in [6.45, 7) is 5.04. The monoisotopic (exact) mass is 576 g/mol. The molecular weight excluding hydrogens is 536 g/mol. The van der Waals surface area contributed by atoms with Crippen LogP contribution < -0.4 is 4.90 Å². The van der Waals surface area contributed by atoms with Crippen molar-refractivity contribution >= 4 is 35.0 Å². The van der Waals surface area contributed by atoms with Gasteiger partial charge in [0.05, 0.1) is 11.6 Å². The zero-order valence-electron chi connectivity index (χ0n) is 23.8. The largest absolute Gasteiger partial charge is 0.341 e. The minimum atomic E-state index is -0.173. The number of fused-ring (bicyclic) bond motifs is 1. The molecule has 1 saturated heterocycles. The molecule has 0 N–H and O–H groups in total. The molecule has 41 heavy (non-hydrogen) atoms. The number of benzene rings is 2. The molecule has 7 nitrogen and oxygen atoms in total. The van der Waals surface area contributed by atoms with Crippen LogP contribution >= 0.6 is 11.6 Å². The van der Waals surface area contributed by atoms with Crippen LogP contribution in [0.4, 0.5) is 5.69 Å². The summed E-state index contributed by atoms with van der Waals surface area (Å²) in [5.41, 5.74) is 3.02. The van der Waals surface area contributed by atoms with Gasteiger partial charge in [0.25, 0.3) is 0 Å². The quantitative estimate of drug-likeness (QED) is 0.504. The van der Waals surface area contributed by atoms with E-state index in [4.69, 9.17) is 11.6 Å². The zero-order chi connectivity index (χ0) is 28.3. The zero-order valence-corrected chi connectivity index (χ0v) is 24.6. The summed E-state index contributed by atoms with van der Waals surface area (Å²) in [5, 5.41) is 0.593. The first kappa shape index (κ1) is 28.2. The van der Waals surface area contributed by atoms with Crippen molar-refractivity contribution in [1.82, 2.24) is 14.7 Å². The van der Waals surface area contributed by atoms with E-state index in [1.165, 1.54) is 5.56 Å². The SMILES string of the molecule is O=C(C1CN(C(=O)C2CCCC2)C1)N1CCN(Cc2ccccc2)CCCN(C(=O)C2CC2)c2cc(Cl)ccc2C1. The van der Waals surface area contributed by atoms with E-state index in [0.29, 0.717) is 37.7 Å². The van der Waals surface area contributed by atoms with Gasteiger partial charge in [-0.1, -0.05) is 60.8 Å². The number of hydrogen-bond donors (Lipinski definition) is 0. The first-order chi connectivity index (χ1) is 20.0. The average molecular weight is 577 g/mol. The van der Waals surface area contributed by atoms with Crippen LogP contribution in [0, 0.1) is 17.8 Å². The van der Waals surface area contributed by atoms with Gasteiger partial charge in [-0.3, -0.25) is 19.3 Å². The summed E-state index contributed by atoms with van der Waals surface area (Å²) in [7, 11) is 0. The lowest BCUT2D eigenvalue weighted by atomic mass is 9.94. The fraction of sp³-hybridized carbons (Fsp3) is 0.545. The van der Waals surface area contributed by atoms with Gasteiger partial charge in [0, 0.05) is 69.2 Å². The molecule has 0 spiro atoms. The van der Waals surface area contributed by atoms with Gasteiger partial charge in [0.2, 0.25) is 17.7 Å². The summed E-state index contributed by atoms with van der Waals surface area (Å²) in [6, 6.07) is 16.1. The Morgan fingerprint density at radius 1 is 0.707 bits per heavy atom. The molecule has 2 aromatic carbocycles. The second kappa shape index (κ2) is 12.5. The van der Waals surface area contributed by atoms with E-state index in [1.807, 2.05) is 39.0 Å². The summed E-state index contributed by atoms with van der Waals surface area (Å²) in [6.07, 6.45) is 6.93. The Bertz CT molecular complexity index is 1250. The molecule has 0 aromatic heterocycles. The summed E-state index contributed by atoms with van der Waals surface area (Å²) < 4.78 is 0. The van der Waals surface area contributed by atoms with Crippen LogP contribution in [0.25, 0.3) is 0 Å². The first-order valence-electron chi connectivity index (χ1n) is 15.4. The van der Waals surface area contributed by atoms with E-state index in [0.717, 1.165) is 75.8 Å². The lowest BCUT2D eigenvalue weighted by Crippen LogP contribution is -2.57. The van der Waals surface area contributed by atoms with Crippen LogP contribution in [0.5, 0.6) is 0 Å². The molecule has 2 saturated carbocycles. The smallest absolute Gasteiger partial charge is 0.230 e. The number of nitrogens with zero attached hydrogens (tertiary/aromatic N) is 4. The van der Waals surface area contributed by atoms with Gasteiger partial charge in [-0.2, -0.15) is 0 Å². The maximum absolute atomic E-state index is 14.0. The Kier molecular flexibility index (Phi) is 8.63. The second-order valence-electron chi connectivity index (χ2n) is 12.3. The molecule has 2 aliphatic carbocycles. The van der Waals surface area contributed by atoms with E-state index < -0.39 is 0 Å². The Labute approximate surface area is 248 Å². The van der Waals surface area contributed by atoms with E-state index in [9.17, 15) is 14.4 Å². The van der Waals surface area contributed by atoms with Crippen molar-refractivity contribution in [3.05, 3.63) is 64.7 Å². The number of carbonyl (C=O) groups excluding carboxylic acids is 3. The van der Waals surface area contributed by atoms with Crippen molar-refractivity contribution in [3.8, 4) is 0 Å². The van der Waals surface area contributed by atoms with Gasteiger partial charge in [-0.05, 0) is 55.4 Å². The molecule has 3 fully saturated rings. The van der Waals surface area contributed by atoms with Crippen molar-refractivity contribution in [3.63, 3.8) is 0 Å². The number of hydrogen-bond acceptors (Lipinski definition) is 4. The second-order valence-corrected chi connectivity index (χ2v) is 12.8. The predicted octanol–water partition coefficient (Wildman–Crippen LogP) is 4.97. The number of carbonyl (C=O) groups is 3. The molecule has 0 bridgehead atoms. The lowest BCUT2D eigenvalue weighted by molar-refractivity contribution is -0.151. The average Bonchev–Trinajstić information content (AvgIpc) is 3.66. The van der Waals surface area contributed by atoms with E-state index in [2.05, 4.69) is 29.2 Å². The van der Waals surface area contributed by atoms with E-state index in [1.54, 1.807) is 0 Å². The molecule has 2 aromatic rings. The van der Waals surface area contributed by atoms with Crippen molar-refractivity contribution in [2.75, 3.05) is 44.2 Å². The molecule has 8 heteroatoms. The minimum absolute atomic E-state index is 0.0866. The summed E-state index contributed by atoms with van der Waals surface area (Å²) >= 11 is 6.47. The fourth-order valence-corrected chi connectivity index (χ4v) is 6.79. The van der Waals surface area contributed by atoms with Crippen LogP contribution in [0.15, 0.2) is 48.5 Å². The normalized spacial score (nSPS) is 21.2. The van der Waals surface area contributed by atoms with Gasteiger partial charge >= 0.3 is 0 Å². The van der Waals surface area contributed by atoms with Crippen LogP contribution in [-0.4, -0.2) is 71.7 Å². The molecule has 0 atom stereocenters. The number of amides is 3. The van der Waals surface area contributed by atoms with Crippen molar-refractivity contribution in [2.45, 2.75) is 58.0 Å². The third-order valence-corrected chi connectivity index (χ3v) is 9.48. The number of halogens is 1.